The Labute approximate surface area is 237 Å². The minimum atomic E-state index is -1.83. The van der Waals surface area contributed by atoms with Gasteiger partial charge in [0, 0.05) is 6.42 Å². The summed E-state index contributed by atoms with van der Waals surface area (Å²) in [4.78, 5) is 12.6. The normalized spacial score (nSPS) is 36.5. The Kier molecular flexibility index (Phi) is 16.4. The van der Waals surface area contributed by atoms with Crippen LogP contribution >= 0.6 is 0 Å². The molecule has 1 aliphatic heterocycles. The highest BCUT2D eigenvalue weighted by Gasteiger charge is 2.54. The Balaban J connectivity index is 1.78. The van der Waals surface area contributed by atoms with Crippen molar-refractivity contribution >= 4 is 5.97 Å². The van der Waals surface area contributed by atoms with Gasteiger partial charge in [-0.05, 0) is 6.42 Å². The van der Waals surface area contributed by atoms with Crippen LogP contribution < -0.4 is 5.73 Å². The fourth-order valence-electron chi connectivity index (χ4n) is 5.35. The number of carbonyl (C=O) groups excluding carboxylic acids is 1. The third kappa shape index (κ3) is 10.4. The lowest BCUT2D eigenvalue weighted by molar-refractivity contribution is -0.318. The van der Waals surface area contributed by atoms with Crippen molar-refractivity contribution in [2.75, 3.05) is 6.61 Å². The second-order valence-electron chi connectivity index (χ2n) is 11.3. The Bertz CT molecular complexity index is 699. The first-order chi connectivity index (χ1) is 19.1. The van der Waals surface area contributed by atoms with Gasteiger partial charge in [0.1, 0.15) is 48.8 Å². The van der Waals surface area contributed by atoms with E-state index in [1.807, 2.05) is 0 Å². The molecule has 0 aromatic carbocycles. The molecule has 12 heteroatoms. The van der Waals surface area contributed by atoms with Gasteiger partial charge in [0.15, 0.2) is 12.4 Å². The predicted octanol–water partition coefficient (Wildman–Crippen LogP) is -0.0118. The molecule has 11 atom stereocenters. The zero-order valence-corrected chi connectivity index (χ0v) is 23.8. The first kappa shape index (κ1) is 35.3. The van der Waals surface area contributed by atoms with E-state index in [0.717, 1.165) is 19.3 Å². The molecule has 0 spiro atoms. The van der Waals surface area contributed by atoms with Crippen LogP contribution in [0, 0.1) is 0 Å². The van der Waals surface area contributed by atoms with E-state index in [9.17, 15) is 40.5 Å². The zero-order chi connectivity index (χ0) is 29.7. The fraction of sp³-hybridized carbons (Fsp3) is 0.964. The number of ether oxygens (including phenoxy) is 3. The van der Waals surface area contributed by atoms with Crippen LogP contribution in [0.5, 0.6) is 0 Å². The molecule has 1 aliphatic carbocycles. The topological polar surface area (TPSA) is 212 Å². The number of hydrogen-bond acceptors (Lipinski definition) is 12. The van der Waals surface area contributed by atoms with Crippen LogP contribution in [0.25, 0.3) is 0 Å². The highest BCUT2D eigenvalue weighted by molar-refractivity contribution is 5.69. The van der Waals surface area contributed by atoms with Gasteiger partial charge in [0.2, 0.25) is 0 Å². The van der Waals surface area contributed by atoms with Gasteiger partial charge in [-0.2, -0.15) is 0 Å². The molecule has 0 aromatic heterocycles. The smallest absolute Gasteiger partial charge is 0.306 e. The van der Waals surface area contributed by atoms with E-state index in [1.165, 1.54) is 57.8 Å². The zero-order valence-electron chi connectivity index (χ0n) is 23.8. The van der Waals surface area contributed by atoms with E-state index in [-0.39, 0.29) is 6.42 Å². The van der Waals surface area contributed by atoms with Gasteiger partial charge in [-0.3, -0.25) is 4.79 Å². The van der Waals surface area contributed by atoms with Gasteiger partial charge in [0.05, 0.1) is 12.6 Å². The first-order valence-corrected chi connectivity index (χ1v) is 15.1. The molecule has 0 aromatic rings. The Morgan fingerprint density at radius 3 is 1.65 bits per heavy atom. The highest BCUT2D eigenvalue weighted by Crippen LogP contribution is 2.30. The molecule has 1 saturated heterocycles. The van der Waals surface area contributed by atoms with E-state index < -0.39 is 79.8 Å². The minimum absolute atomic E-state index is 0.0549. The number of unbranched alkanes of at least 4 members (excludes halogenated alkanes) is 12. The van der Waals surface area contributed by atoms with Crippen LogP contribution in [-0.4, -0.2) is 116 Å². The van der Waals surface area contributed by atoms with Crippen molar-refractivity contribution in [1.29, 1.82) is 0 Å². The van der Waals surface area contributed by atoms with Gasteiger partial charge in [-0.15, -0.1) is 0 Å². The van der Waals surface area contributed by atoms with Crippen LogP contribution in [-0.2, 0) is 19.0 Å². The van der Waals surface area contributed by atoms with Crippen LogP contribution in [0.15, 0.2) is 0 Å². The lowest BCUT2D eigenvalue weighted by Gasteiger charge is -2.47. The summed E-state index contributed by atoms with van der Waals surface area (Å²) in [5, 5.41) is 71.1. The predicted molar refractivity (Wildman–Crippen MR) is 145 cm³/mol. The minimum Gasteiger partial charge on any atom is -0.457 e. The van der Waals surface area contributed by atoms with Crippen molar-refractivity contribution in [3.63, 3.8) is 0 Å². The quantitative estimate of drug-likeness (QED) is 0.0795. The standard InChI is InChI=1S/C28H53NO11/c1-2-3-4-5-6-7-8-9-10-11-12-13-14-15-18(31)39-26-24(36)22(34)23(35)25(37)27(26)40-28-19(29)21(33)20(32)17(16-30)38-28/h17,19-28,30,32-37H,2-16,29H2,1H3/t17?,19?,20-,21-,22?,23?,24-,25+,26?,27+,28-/m1/s1. The maximum Gasteiger partial charge on any atom is 0.306 e. The summed E-state index contributed by atoms with van der Waals surface area (Å²) in [6, 6.07) is -1.33. The molecule has 9 N–H and O–H groups in total. The SMILES string of the molecule is CCCCCCCCCCCCCCCC(=O)OC1[C@H](O)C(O)C(O)[C@H](O)[C@@H]1O[C@H]1OC(CO)[C@@H](O)[C@H](O)C1N. The molecule has 5 unspecified atom stereocenters. The maximum absolute atomic E-state index is 12.6. The van der Waals surface area contributed by atoms with Gasteiger partial charge in [-0.25, -0.2) is 0 Å². The number of aliphatic hydroxyl groups excluding tert-OH is 7. The molecule has 1 saturated carbocycles. The van der Waals surface area contributed by atoms with Crippen molar-refractivity contribution in [3.05, 3.63) is 0 Å². The van der Waals surface area contributed by atoms with Crippen molar-refractivity contribution in [2.45, 2.75) is 164 Å². The van der Waals surface area contributed by atoms with Crippen LogP contribution in [0.3, 0.4) is 0 Å². The first-order valence-electron chi connectivity index (χ1n) is 15.1. The third-order valence-corrected chi connectivity index (χ3v) is 8.02. The molecule has 1 heterocycles. The number of esters is 1. The van der Waals surface area contributed by atoms with Gasteiger partial charge >= 0.3 is 5.97 Å². The lowest BCUT2D eigenvalue weighted by Crippen LogP contribution is -2.68. The monoisotopic (exact) mass is 579 g/mol. The Morgan fingerprint density at radius 2 is 1.15 bits per heavy atom. The van der Waals surface area contributed by atoms with Gasteiger partial charge in [0.25, 0.3) is 0 Å². The van der Waals surface area contributed by atoms with Crippen molar-refractivity contribution < 1.29 is 54.8 Å². The molecule has 40 heavy (non-hydrogen) atoms. The largest absolute Gasteiger partial charge is 0.457 e. The summed E-state index contributed by atoms with van der Waals surface area (Å²) in [7, 11) is 0. The summed E-state index contributed by atoms with van der Waals surface area (Å²) >= 11 is 0. The van der Waals surface area contributed by atoms with Gasteiger partial charge < -0.3 is 55.7 Å². The molecule has 236 valence electrons. The maximum atomic E-state index is 12.6. The number of hydrogen-bond donors (Lipinski definition) is 8. The molecule has 2 fully saturated rings. The lowest BCUT2D eigenvalue weighted by atomic mass is 9.84. The highest BCUT2D eigenvalue weighted by atomic mass is 16.7. The van der Waals surface area contributed by atoms with Crippen LogP contribution in [0.2, 0.25) is 0 Å². The number of carbonyl (C=O) groups is 1. The Morgan fingerprint density at radius 1 is 0.675 bits per heavy atom. The van der Waals surface area contributed by atoms with E-state index >= 15 is 0 Å². The van der Waals surface area contributed by atoms with Gasteiger partial charge in [-0.1, -0.05) is 84.0 Å². The summed E-state index contributed by atoms with van der Waals surface area (Å²) in [6.45, 7) is 1.55. The fourth-order valence-corrected chi connectivity index (χ4v) is 5.35. The average Bonchev–Trinajstić information content (AvgIpc) is 2.94. The second kappa shape index (κ2) is 18.6. The molecule has 0 bridgehead atoms. The van der Waals surface area contributed by atoms with E-state index in [0.29, 0.717) is 6.42 Å². The summed E-state index contributed by atoms with van der Waals surface area (Å²) in [5.74, 6) is -0.672. The average molecular weight is 580 g/mol. The molecule has 12 nitrogen and oxygen atoms in total. The van der Waals surface area contributed by atoms with E-state index in [4.69, 9.17) is 19.9 Å². The molecular weight excluding hydrogens is 526 g/mol. The van der Waals surface area contributed by atoms with Crippen LogP contribution in [0.1, 0.15) is 96.8 Å². The van der Waals surface area contributed by atoms with Crippen molar-refractivity contribution in [2.24, 2.45) is 5.73 Å². The Hall–Kier alpha value is -0.930. The summed E-state index contributed by atoms with van der Waals surface area (Å²) in [5.41, 5.74) is 5.89. The van der Waals surface area contributed by atoms with E-state index in [2.05, 4.69) is 6.92 Å². The number of aliphatic hydroxyl groups is 7. The summed E-state index contributed by atoms with van der Waals surface area (Å²) in [6.07, 6.45) is -1.17. The number of nitrogens with two attached hydrogens (primary N) is 1. The third-order valence-electron chi connectivity index (χ3n) is 8.02. The second-order valence-corrected chi connectivity index (χ2v) is 11.3. The molecule has 2 aliphatic rings. The van der Waals surface area contributed by atoms with Crippen LogP contribution in [0.4, 0.5) is 0 Å². The van der Waals surface area contributed by atoms with Crippen molar-refractivity contribution in [3.8, 4) is 0 Å². The van der Waals surface area contributed by atoms with E-state index in [1.54, 1.807) is 0 Å². The molecule has 0 radical (unpaired) electrons. The molecular formula is C28H53NO11. The molecule has 2 rings (SSSR count). The number of rotatable bonds is 18. The summed E-state index contributed by atoms with van der Waals surface area (Å²) < 4.78 is 16.4. The van der Waals surface area contributed by atoms with Crippen molar-refractivity contribution in [1.82, 2.24) is 0 Å². The molecule has 0 amide bonds.